The van der Waals surface area contributed by atoms with E-state index in [1.807, 2.05) is 0 Å². The number of nitrogens with two attached hydrogens (primary N) is 1. The van der Waals surface area contributed by atoms with E-state index in [4.69, 9.17) is 5.73 Å². The lowest BCUT2D eigenvalue weighted by atomic mass is 9.85. The highest BCUT2D eigenvalue weighted by atomic mass is 15.3. The molecule has 1 aliphatic carbocycles. The van der Waals surface area contributed by atoms with Crippen molar-refractivity contribution in [2.24, 2.45) is 11.7 Å². The second-order valence-electron chi connectivity index (χ2n) is 5.58. The van der Waals surface area contributed by atoms with Gasteiger partial charge in [-0.05, 0) is 36.8 Å². The fourth-order valence-corrected chi connectivity index (χ4v) is 2.84. The predicted molar refractivity (Wildman–Crippen MR) is 66.1 cm³/mol. The molecule has 2 nitrogen and oxygen atoms in total. The minimum atomic E-state index is 0.155. The molecule has 1 saturated carbocycles. The summed E-state index contributed by atoms with van der Waals surface area (Å²) in [6.45, 7) is 5.43. The van der Waals surface area contributed by atoms with E-state index in [0.29, 0.717) is 0 Å². The summed E-state index contributed by atoms with van der Waals surface area (Å²) >= 11 is 0. The van der Waals surface area contributed by atoms with Gasteiger partial charge in [-0.15, -0.1) is 0 Å². The van der Waals surface area contributed by atoms with Gasteiger partial charge in [0.25, 0.3) is 0 Å². The summed E-state index contributed by atoms with van der Waals surface area (Å²) in [7, 11) is 0. The second-order valence-corrected chi connectivity index (χ2v) is 5.58. The van der Waals surface area contributed by atoms with Crippen LogP contribution in [0.15, 0.2) is 24.3 Å². The highest BCUT2D eigenvalue weighted by molar-refractivity contribution is 5.26. The molecule has 0 aromatic heterocycles. The molecule has 2 aliphatic rings. The monoisotopic (exact) mass is 216 g/mol. The van der Waals surface area contributed by atoms with Crippen LogP contribution < -0.4 is 5.73 Å². The lowest BCUT2D eigenvalue weighted by molar-refractivity contribution is 0.0476. The van der Waals surface area contributed by atoms with Crippen LogP contribution in [0.3, 0.4) is 0 Å². The molecule has 0 radical (unpaired) electrons. The molecule has 3 rings (SSSR count). The van der Waals surface area contributed by atoms with Gasteiger partial charge < -0.3 is 5.73 Å². The molecule has 2 N–H and O–H groups in total. The van der Waals surface area contributed by atoms with Gasteiger partial charge in [0.1, 0.15) is 0 Å². The number of likely N-dealkylation sites (tertiary alicyclic amines) is 1. The number of rotatable bonds is 3. The van der Waals surface area contributed by atoms with E-state index in [2.05, 4.69) is 36.1 Å². The van der Waals surface area contributed by atoms with Crippen LogP contribution in [0.4, 0.5) is 0 Å². The Balaban J connectivity index is 1.60. The average Bonchev–Trinajstić information content (AvgIpc) is 3.02. The fourth-order valence-electron chi connectivity index (χ4n) is 2.84. The molecule has 1 saturated heterocycles. The van der Waals surface area contributed by atoms with E-state index >= 15 is 0 Å². The van der Waals surface area contributed by atoms with Gasteiger partial charge in [-0.2, -0.15) is 0 Å². The van der Waals surface area contributed by atoms with Crippen LogP contribution in [-0.4, -0.2) is 23.5 Å². The van der Waals surface area contributed by atoms with Crippen molar-refractivity contribution < 1.29 is 0 Å². The third kappa shape index (κ3) is 1.76. The first-order valence-corrected chi connectivity index (χ1v) is 6.23. The summed E-state index contributed by atoms with van der Waals surface area (Å²) in [6.07, 6.45) is 2.71. The van der Waals surface area contributed by atoms with Gasteiger partial charge in [-0.25, -0.2) is 0 Å². The van der Waals surface area contributed by atoms with E-state index < -0.39 is 0 Å². The maximum Gasteiger partial charge on any atom is 0.0441 e. The van der Waals surface area contributed by atoms with Crippen molar-refractivity contribution in [1.82, 2.24) is 4.90 Å². The summed E-state index contributed by atoms with van der Waals surface area (Å²) in [5, 5.41) is 0. The van der Waals surface area contributed by atoms with Crippen LogP contribution >= 0.6 is 0 Å². The Morgan fingerprint density at radius 2 is 2.00 bits per heavy atom. The molecule has 2 heteroatoms. The van der Waals surface area contributed by atoms with Gasteiger partial charge in [0, 0.05) is 25.2 Å². The Morgan fingerprint density at radius 1 is 1.31 bits per heavy atom. The molecule has 1 aromatic carbocycles. The molecule has 0 bridgehead atoms. The first-order valence-electron chi connectivity index (χ1n) is 6.23. The molecular weight excluding hydrogens is 196 g/mol. The molecule has 0 unspecified atom stereocenters. The Labute approximate surface area is 97.4 Å². The molecule has 0 spiro atoms. The Bertz CT molecular complexity index is 389. The normalized spacial score (nSPS) is 24.1. The minimum absolute atomic E-state index is 0.155. The number of hydrogen-bond acceptors (Lipinski definition) is 2. The zero-order chi connectivity index (χ0) is 11.2. The minimum Gasteiger partial charge on any atom is -0.323 e. The molecule has 0 atom stereocenters. The van der Waals surface area contributed by atoms with Crippen LogP contribution in [0.1, 0.15) is 24.0 Å². The van der Waals surface area contributed by atoms with Crippen molar-refractivity contribution >= 4 is 0 Å². The van der Waals surface area contributed by atoms with Crippen LogP contribution in [0, 0.1) is 12.8 Å². The van der Waals surface area contributed by atoms with Crippen molar-refractivity contribution in [3.8, 4) is 0 Å². The van der Waals surface area contributed by atoms with Gasteiger partial charge in [-0.3, -0.25) is 4.90 Å². The van der Waals surface area contributed by atoms with Crippen molar-refractivity contribution in [3.63, 3.8) is 0 Å². The molecule has 1 aliphatic heterocycles. The maximum absolute atomic E-state index is 6.35. The zero-order valence-electron chi connectivity index (χ0n) is 9.95. The molecule has 1 aromatic rings. The van der Waals surface area contributed by atoms with Gasteiger partial charge >= 0.3 is 0 Å². The second kappa shape index (κ2) is 3.57. The largest absolute Gasteiger partial charge is 0.323 e. The summed E-state index contributed by atoms with van der Waals surface area (Å²) in [6, 6.07) is 8.64. The summed E-state index contributed by atoms with van der Waals surface area (Å²) < 4.78 is 0. The van der Waals surface area contributed by atoms with E-state index in [1.54, 1.807) is 0 Å². The number of hydrogen-bond donors (Lipinski definition) is 1. The van der Waals surface area contributed by atoms with Crippen LogP contribution in [0.5, 0.6) is 0 Å². The van der Waals surface area contributed by atoms with Crippen molar-refractivity contribution in [3.05, 3.63) is 35.4 Å². The van der Waals surface area contributed by atoms with Gasteiger partial charge in [0.15, 0.2) is 0 Å². The van der Waals surface area contributed by atoms with Crippen molar-refractivity contribution in [2.75, 3.05) is 13.1 Å². The smallest absolute Gasteiger partial charge is 0.0441 e. The van der Waals surface area contributed by atoms with Gasteiger partial charge in [-0.1, -0.05) is 24.3 Å². The highest BCUT2D eigenvalue weighted by Gasteiger charge is 2.49. The molecule has 16 heavy (non-hydrogen) atoms. The quantitative estimate of drug-likeness (QED) is 0.836. The van der Waals surface area contributed by atoms with Gasteiger partial charge in [0.2, 0.25) is 0 Å². The first kappa shape index (κ1) is 10.3. The van der Waals surface area contributed by atoms with E-state index in [0.717, 1.165) is 25.6 Å². The Kier molecular flexibility index (Phi) is 2.30. The molecular formula is C14H20N2. The third-order valence-corrected chi connectivity index (χ3v) is 4.08. The van der Waals surface area contributed by atoms with Crippen LogP contribution in [0.25, 0.3) is 0 Å². The Morgan fingerprint density at radius 3 is 2.62 bits per heavy atom. The predicted octanol–water partition coefficient (Wildman–Crippen LogP) is 1.92. The third-order valence-electron chi connectivity index (χ3n) is 4.08. The zero-order valence-corrected chi connectivity index (χ0v) is 9.95. The highest BCUT2D eigenvalue weighted by Crippen LogP contribution is 2.43. The van der Waals surface area contributed by atoms with Crippen molar-refractivity contribution in [1.29, 1.82) is 0 Å². The van der Waals surface area contributed by atoms with Crippen LogP contribution in [0.2, 0.25) is 0 Å². The van der Waals surface area contributed by atoms with Crippen LogP contribution in [-0.2, 0) is 6.54 Å². The number of benzene rings is 1. The van der Waals surface area contributed by atoms with Crippen molar-refractivity contribution in [2.45, 2.75) is 31.8 Å². The SMILES string of the molecule is Cc1ccccc1CN1CC(N)(C2CC2)C1. The lowest BCUT2D eigenvalue weighted by Gasteiger charge is -2.48. The number of nitrogens with zero attached hydrogens (tertiary/aromatic N) is 1. The average molecular weight is 216 g/mol. The molecule has 86 valence electrons. The molecule has 1 heterocycles. The molecule has 0 amide bonds. The number of aryl methyl sites for hydroxylation is 1. The van der Waals surface area contributed by atoms with Gasteiger partial charge in [0.05, 0.1) is 0 Å². The summed E-state index contributed by atoms with van der Waals surface area (Å²) in [5.41, 5.74) is 9.34. The summed E-state index contributed by atoms with van der Waals surface area (Å²) in [5.74, 6) is 0.820. The fraction of sp³-hybridized carbons (Fsp3) is 0.571. The lowest BCUT2D eigenvalue weighted by Crippen LogP contribution is -2.68. The van der Waals surface area contributed by atoms with E-state index in [1.165, 1.54) is 24.0 Å². The standard InChI is InChI=1S/C14H20N2/c1-11-4-2-3-5-12(11)8-16-9-14(15,10-16)13-6-7-13/h2-5,13H,6-10,15H2,1H3. The maximum atomic E-state index is 6.35. The van der Waals surface area contributed by atoms with E-state index in [-0.39, 0.29) is 5.54 Å². The summed E-state index contributed by atoms with van der Waals surface area (Å²) in [4.78, 5) is 2.47. The molecule has 2 fully saturated rings. The topological polar surface area (TPSA) is 29.3 Å². The first-order chi connectivity index (χ1) is 7.67. The Hall–Kier alpha value is -0.860. The van der Waals surface area contributed by atoms with E-state index in [9.17, 15) is 0 Å².